The van der Waals surface area contributed by atoms with Crippen LogP contribution in [0, 0.1) is 0 Å². The standard InChI is InChI=1S/C11H14ClNO/c12-10-3-1-2-8-4-5-11(14,7-13)6-9(8)10/h1-3,14H,4-7,13H2. The maximum absolute atomic E-state index is 10.1. The minimum absolute atomic E-state index is 0.303. The molecule has 0 aliphatic heterocycles. The van der Waals surface area contributed by atoms with Gasteiger partial charge in [-0.2, -0.15) is 0 Å². The van der Waals surface area contributed by atoms with Crippen LogP contribution >= 0.6 is 11.6 Å². The van der Waals surface area contributed by atoms with Gasteiger partial charge in [0.15, 0.2) is 0 Å². The van der Waals surface area contributed by atoms with Crippen molar-refractivity contribution in [1.29, 1.82) is 0 Å². The molecule has 0 fully saturated rings. The van der Waals surface area contributed by atoms with Gasteiger partial charge < -0.3 is 10.8 Å². The van der Waals surface area contributed by atoms with Gasteiger partial charge in [0, 0.05) is 18.0 Å². The smallest absolute Gasteiger partial charge is 0.0813 e. The number of benzene rings is 1. The van der Waals surface area contributed by atoms with Crippen molar-refractivity contribution < 1.29 is 5.11 Å². The van der Waals surface area contributed by atoms with Crippen molar-refractivity contribution in [2.75, 3.05) is 6.54 Å². The highest BCUT2D eigenvalue weighted by Gasteiger charge is 2.31. The van der Waals surface area contributed by atoms with Crippen molar-refractivity contribution >= 4 is 11.6 Å². The molecule has 1 aromatic rings. The first-order valence-corrected chi connectivity index (χ1v) is 5.21. The summed E-state index contributed by atoms with van der Waals surface area (Å²) in [6.07, 6.45) is 2.18. The van der Waals surface area contributed by atoms with E-state index in [1.54, 1.807) is 0 Å². The Morgan fingerprint density at radius 1 is 1.50 bits per heavy atom. The summed E-state index contributed by atoms with van der Waals surface area (Å²) >= 11 is 6.07. The van der Waals surface area contributed by atoms with Crippen LogP contribution in [0.15, 0.2) is 18.2 Å². The van der Waals surface area contributed by atoms with Crippen molar-refractivity contribution in [1.82, 2.24) is 0 Å². The summed E-state index contributed by atoms with van der Waals surface area (Å²) in [4.78, 5) is 0. The van der Waals surface area contributed by atoms with Crippen molar-refractivity contribution in [2.45, 2.75) is 24.9 Å². The predicted molar refractivity (Wildman–Crippen MR) is 57.5 cm³/mol. The van der Waals surface area contributed by atoms with Crippen molar-refractivity contribution in [3.63, 3.8) is 0 Å². The van der Waals surface area contributed by atoms with E-state index in [4.69, 9.17) is 17.3 Å². The van der Waals surface area contributed by atoms with Gasteiger partial charge in [0.1, 0.15) is 0 Å². The number of fused-ring (bicyclic) bond motifs is 1. The predicted octanol–water partition coefficient (Wildman–Crippen LogP) is 1.52. The number of aryl methyl sites for hydroxylation is 1. The normalized spacial score (nSPS) is 25.9. The second kappa shape index (κ2) is 3.54. The second-order valence-electron chi connectivity index (χ2n) is 3.98. The van der Waals surface area contributed by atoms with E-state index in [2.05, 4.69) is 6.07 Å². The van der Waals surface area contributed by atoms with Gasteiger partial charge in [0.25, 0.3) is 0 Å². The van der Waals surface area contributed by atoms with Crippen molar-refractivity contribution in [3.05, 3.63) is 34.3 Å². The van der Waals surface area contributed by atoms with Gasteiger partial charge in [-0.25, -0.2) is 0 Å². The highest BCUT2D eigenvalue weighted by molar-refractivity contribution is 6.31. The minimum atomic E-state index is -0.752. The summed E-state index contributed by atoms with van der Waals surface area (Å²) in [5.74, 6) is 0. The van der Waals surface area contributed by atoms with Gasteiger partial charge in [-0.05, 0) is 30.0 Å². The van der Waals surface area contributed by atoms with E-state index in [9.17, 15) is 5.11 Å². The molecule has 0 spiro atoms. The quantitative estimate of drug-likeness (QED) is 0.740. The summed E-state index contributed by atoms with van der Waals surface area (Å²) in [5, 5.41) is 10.8. The van der Waals surface area contributed by atoms with Crippen LogP contribution in [0.3, 0.4) is 0 Å². The number of rotatable bonds is 1. The Labute approximate surface area is 88.7 Å². The van der Waals surface area contributed by atoms with Gasteiger partial charge in [-0.15, -0.1) is 0 Å². The molecule has 1 unspecified atom stereocenters. The van der Waals surface area contributed by atoms with Gasteiger partial charge >= 0.3 is 0 Å². The average molecular weight is 212 g/mol. The fraction of sp³-hybridized carbons (Fsp3) is 0.455. The van der Waals surface area contributed by atoms with Gasteiger partial charge in [0.05, 0.1) is 5.60 Å². The molecule has 0 radical (unpaired) electrons. The SMILES string of the molecule is NCC1(O)CCc2cccc(Cl)c2C1. The molecule has 1 aromatic carbocycles. The van der Waals surface area contributed by atoms with E-state index in [1.807, 2.05) is 12.1 Å². The Morgan fingerprint density at radius 2 is 2.29 bits per heavy atom. The third kappa shape index (κ3) is 1.65. The van der Waals surface area contributed by atoms with Crippen LogP contribution in [-0.2, 0) is 12.8 Å². The summed E-state index contributed by atoms with van der Waals surface area (Å²) in [6.45, 7) is 0.303. The molecule has 1 aliphatic rings. The lowest BCUT2D eigenvalue weighted by atomic mass is 9.80. The molecule has 3 N–H and O–H groups in total. The van der Waals surface area contributed by atoms with Gasteiger partial charge in [-0.1, -0.05) is 23.7 Å². The molecule has 0 saturated carbocycles. The molecule has 0 aromatic heterocycles. The monoisotopic (exact) mass is 211 g/mol. The lowest BCUT2D eigenvalue weighted by Gasteiger charge is -2.32. The molecule has 0 amide bonds. The number of hydrogen-bond donors (Lipinski definition) is 2. The zero-order chi connectivity index (χ0) is 10.2. The number of halogens is 1. The Kier molecular flexibility index (Phi) is 2.52. The molecule has 14 heavy (non-hydrogen) atoms. The molecular formula is C11H14ClNO. The Morgan fingerprint density at radius 3 is 3.00 bits per heavy atom. The van der Waals surface area contributed by atoms with E-state index in [0.29, 0.717) is 13.0 Å². The first-order valence-electron chi connectivity index (χ1n) is 4.83. The van der Waals surface area contributed by atoms with Crippen LogP contribution in [-0.4, -0.2) is 17.3 Å². The van der Waals surface area contributed by atoms with E-state index in [-0.39, 0.29) is 0 Å². The van der Waals surface area contributed by atoms with E-state index in [1.165, 1.54) is 5.56 Å². The molecule has 2 rings (SSSR count). The second-order valence-corrected chi connectivity index (χ2v) is 4.39. The number of hydrogen-bond acceptors (Lipinski definition) is 2. The van der Waals surface area contributed by atoms with Crippen LogP contribution in [0.25, 0.3) is 0 Å². The number of nitrogens with two attached hydrogens (primary N) is 1. The maximum Gasteiger partial charge on any atom is 0.0813 e. The van der Waals surface area contributed by atoms with E-state index >= 15 is 0 Å². The summed E-state index contributed by atoms with van der Waals surface area (Å²) < 4.78 is 0. The Bertz CT molecular complexity index is 353. The van der Waals surface area contributed by atoms with E-state index < -0.39 is 5.60 Å². The van der Waals surface area contributed by atoms with Crippen LogP contribution in [0.2, 0.25) is 5.02 Å². The minimum Gasteiger partial charge on any atom is -0.388 e. The third-order valence-electron chi connectivity index (χ3n) is 2.96. The highest BCUT2D eigenvalue weighted by atomic mass is 35.5. The first kappa shape index (κ1) is 9.97. The molecule has 0 bridgehead atoms. The van der Waals surface area contributed by atoms with Crippen LogP contribution < -0.4 is 5.73 Å². The largest absolute Gasteiger partial charge is 0.388 e. The van der Waals surface area contributed by atoms with Gasteiger partial charge in [-0.3, -0.25) is 0 Å². The zero-order valence-corrected chi connectivity index (χ0v) is 8.72. The fourth-order valence-corrected chi connectivity index (χ4v) is 2.26. The molecule has 2 nitrogen and oxygen atoms in total. The lowest BCUT2D eigenvalue weighted by molar-refractivity contribution is 0.0354. The van der Waals surface area contributed by atoms with Crippen LogP contribution in [0.1, 0.15) is 17.5 Å². The molecule has 1 aliphatic carbocycles. The van der Waals surface area contributed by atoms with Crippen LogP contribution in [0.4, 0.5) is 0 Å². The lowest BCUT2D eigenvalue weighted by Crippen LogP contribution is -2.43. The van der Waals surface area contributed by atoms with Gasteiger partial charge in [0.2, 0.25) is 0 Å². The van der Waals surface area contributed by atoms with E-state index in [0.717, 1.165) is 23.4 Å². The van der Waals surface area contributed by atoms with Crippen molar-refractivity contribution in [2.24, 2.45) is 5.73 Å². The Hall–Kier alpha value is -0.570. The summed E-state index contributed by atoms with van der Waals surface area (Å²) in [7, 11) is 0. The Balaban J connectivity index is 2.38. The fourth-order valence-electron chi connectivity index (χ4n) is 1.99. The summed E-state index contributed by atoms with van der Waals surface area (Å²) in [5.41, 5.74) is 7.11. The summed E-state index contributed by atoms with van der Waals surface area (Å²) in [6, 6.07) is 5.88. The van der Waals surface area contributed by atoms with Crippen molar-refractivity contribution in [3.8, 4) is 0 Å². The molecular weight excluding hydrogens is 198 g/mol. The van der Waals surface area contributed by atoms with Crippen LogP contribution in [0.5, 0.6) is 0 Å². The maximum atomic E-state index is 10.1. The number of aliphatic hydroxyl groups is 1. The third-order valence-corrected chi connectivity index (χ3v) is 3.32. The molecule has 1 atom stereocenters. The zero-order valence-electron chi connectivity index (χ0n) is 7.96. The molecule has 3 heteroatoms. The highest BCUT2D eigenvalue weighted by Crippen LogP contribution is 2.32. The molecule has 0 heterocycles. The average Bonchev–Trinajstić information content (AvgIpc) is 2.20. The molecule has 0 saturated heterocycles. The topological polar surface area (TPSA) is 46.2 Å². The first-order chi connectivity index (χ1) is 6.64. The molecule has 76 valence electrons.